The second-order valence-corrected chi connectivity index (χ2v) is 4.45. The number of aryl methyl sites for hydroxylation is 1. The van der Waals surface area contributed by atoms with Gasteiger partial charge in [-0.25, -0.2) is 4.79 Å². The van der Waals surface area contributed by atoms with Gasteiger partial charge in [-0.05, 0) is 12.5 Å². The average molecular weight is 308 g/mol. The Morgan fingerprint density at radius 1 is 1.55 bits per heavy atom. The Labute approximate surface area is 126 Å². The van der Waals surface area contributed by atoms with Gasteiger partial charge in [-0.15, -0.1) is 6.58 Å². The van der Waals surface area contributed by atoms with Crippen LogP contribution in [0.25, 0.3) is 0 Å². The van der Waals surface area contributed by atoms with Crippen LogP contribution in [0.5, 0.6) is 0 Å². The Hall–Kier alpha value is -2.74. The van der Waals surface area contributed by atoms with Crippen LogP contribution in [0.2, 0.25) is 0 Å². The highest BCUT2D eigenvalue weighted by atomic mass is 16.6. The van der Waals surface area contributed by atoms with Gasteiger partial charge in [0.25, 0.3) is 11.6 Å². The lowest BCUT2D eigenvalue weighted by molar-refractivity contribution is -0.384. The van der Waals surface area contributed by atoms with Crippen molar-refractivity contribution in [2.45, 2.75) is 13.0 Å². The number of carboxylic acids is 1. The Bertz CT molecular complexity index is 599. The number of amides is 1. The Balaban J connectivity index is 2.89. The third kappa shape index (κ3) is 4.67. The van der Waals surface area contributed by atoms with E-state index < -0.39 is 22.8 Å². The highest BCUT2D eigenvalue weighted by molar-refractivity contribution is 5.98. The molecule has 0 radical (unpaired) electrons. The van der Waals surface area contributed by atoms with Crippen LogP contribution in [0.1, 0.15) is 15.9 Å². The summed E-state index contributed by atoms with van der Waals surface area (Å²) >= 11 is 0. The van der Waals surface area contributed by atoms with Crippen LogP contribution < -0.4 is 5.32 Å². The number of nitro benzene ring substituents is 1. The van der Waals surface area contributed by atoms with Crippen LogP contribution >= 0.6 is 0 Å². The summed E-state index contributed by atoms with van der Waals surface area (Å²) in [5.74, 6) is -1.98. The lowest BCUT2D eigenvalue weighted by Gasteiger charge is -2.15. The van der Waals surface area contributed by atoms with Gasteiger partial charge < -0.3 is 15.2 Å². The van der Waals surface area contributed by atoms with Crippen LogP contribution in [0.15, 0.2) is 30.9 Å². The van der Waals surface area contributed by atoms with E-state index in [-0.39, 0.29) is 24.5 Å². The van der Waals surface area contributed by atoms with Crippen LogP contribution in [0, 0.1) is 17.0 Å². The van der Waals surface area contributed by atoms with E-state index in [0.717, 1.165) is 6.07 Å². The van der Waals surface area contributed by atoms with Crippen LogP contribution in [-0.2, 0) is 9.53 Å². The molecule has 0 saturated carbocycles. The predicted molar refractivity (Wildman–Crippen MR) is 77.7 cm³/mol. The molecule has 0 aliphatic carbocycles. The lowest BCUT2D eigenvalue weighted by Crippen LogP contribution is -2.44. The van der Waals surface area contributed by atoms with Crippen molar-refractivity contribution >= 4 is 17.6 Å². The third-order valence-corrected chi connectivity index (χ3v) is 2.80. The van der Waals surface area contributed by atoms with Crippen molar-refractivity contribution in [1.29, 1.82) is 0 Å². The van der Waals surface area contributed by atoms with Crippen molar-refractivity contribution in [2.24, 2.45) is 0 Å². The fraction of sp³-hybridized carbons (Fsp3) is 0.286. The summed E-state index contributed by atoms with van der Waals surface area (Å²) in [6.07, 6.45) is 1.45. The number of rotatable bonds is 8. The van der Waals surface area contributed by atoms with Crippen molar-refractivity contribution in [3.63, 3.8) is 0 Å². The number of nitrogens with zero attached hydrogens (tertiary/aromatic N) is 1. The molecule has 8 heteroatoms. The molecule has 1 amide bonds. The molecule has 0 spiro atoms. The molecule has 1 unspecified atom stereocenters. The molecule has 1 aromatic rings. The summed E-state index contributed by atoms with van der Waals surface area (Å²) < 4.78 is 5.01. The summed E-state index contributed by atoms with van der Waals surface area (Å²) in [4.78, 5) is 33.3. The van der Waals surface area contributed by atoms with Gasteiger partial charge in [0.05, 0.1) is 18.1 Å². The maximum absolute atomic E-state index is 12.1. The Morgan fingerprint density at radius 3 is 2.77 bits per heavy atom. The first kappa shape index (κ1) is 17.3. The molecule has 22 heavy (non-hydrogen) atoms. The van der Waals surface area contributed by atoms with E-state index in [0.29, 0.717) is 5.56 Å². The van der Waals surface area contributed by atoms with Gasteiger partial charge in [-0.2, -0.15) is 0 Å². The van der Waals surface area contributed by atoms with E-state index >= 15 is 0 Å². The normalized spacial score (nSPS) is 11.5. The molecule has 1 atom stereocenters. The third-order valence-electron chi connectivity index (χ3n) is 2.80. The maximum Gasteiger partial charge on any atom is 0.328 e. The number of nitrogens with one attached hydrogen (secondary N) is 1. The summed E-state index contributed by atoms with van der Waals surface area (Å²) in [6.45, 7) is 4.94. The first-order chi connectivity index (χ1) is 10.4. The number of carbonyl (C=O) groups is 2. The number of aliphatic carboxylic acids is 1. The number of nitro groups is 1. The highest BCUT2D eigenvalue weighted by Crippen LogP contribution is 2.17. The van der Waals surface area contributed by atoms with Gasteiger partial charge in [0.1, 0.15) is 0 Å². The minimum Gasteiger partial charge on any atom is -0.480 e. The number of carbonyl (C=O) groups excluding carboxylic acids is 1. The van der Waals surface area contributed by atoms with Gasteiger partial charge in [-0.1, -0.05) is 12.1 Å². The summed E-state index contributed by atoms with van der Waals surface area (Å²) in [5, 5.41) is 22.1. The number of carboxylic acid groups (broad SMARTS) is 1. The zero-order valence-corrected chi connectivity index (χ0v) is 11.9. The number of ether oxygens (including phenoxy) is 1. The lowest BCUT2D eigenvalue weighted by atomic mass is 10.1. The number of hydrogen-bond donors (Lipinski definition) is 2. The second kappa shape index (κ2) is 7.89. The van der Waals surface area contributed by atoms with Crippen LogP contribution in [0.3, 0.4) is 0 Å². The first-order valence-electron chi connectivity index (χ1n) is 6.34. The largest absolute Gasteiger partial charge is 0.480 e. The molecule has 1 aromatic carbocycles. The van der Waals surface area contributed by atoms with Gasteiger partial charge in [0.2, 0.25) is 0 Å². The highest BCUT2D eigenvalue weighted by Gasteiger charge is 2.22. The minimum atomic E-state index is -1.26. The summed E-state index contributed by atoms with van der Waals surface area (Å²) in [5.41, 5.74) is 0.300. The van der Waals surface area contributed by atoms with E-state index in [1.54, 1.807) is 6.92 Å². The quantitative estimate of drug-likeness (QED) is 0.323. The molecule has 0 aromatic heterocycles. The van der Waals surface area contributed by atoms with E-state index in [1.807, 2.05) is 0 Å². The zero-order chi connectivity index (χ0) is 16.7. The molecule has 0 saturated heterocycles. The van der Waals surface area contributed by atoms with Crippen molar-refractivity contribution < 1.29 is 24.4 Å². The SMILES string of the molecule is C=CCOCC(NC(=O)c1cc([N+](=O)[O-])ccc1C)C(=O)O. The van der Waals surface area contributed by atoms with Gasteiger partial charge in [-0.3, -0.25) is 14.9 Å². The fourth-order valence-corrected chi connectivity index (χ4v) is 1.65. The second-order valence-electron chi connectivity index (χ2n) is 4.45. The molecule has 1 rings (SSSR count). The molecular formula is C14H16N2O6. The van der Waals surface area contributed by atoms with Crippen molar-refractivity contribution in [3.05, 3.63) is 52.1 Å². The first-order valence-corrected chi connectivity index (χ1v) is 6.34. The fourth-order valence-electron chi connectivity index (χ4n) is 1.65. The molecule has 118 valence electrons. The smallest absolute Gasteiger partial charge is 0.328 e. The van der Waals surface area contributed by atoms with Crippen molar-refractivity contribution in [2.75, 3.05) is 13.2 Å². The summed E-state index contributed by atoms with van der Waals surface area (Å²) in [6, 6.07) is 2.55. The number of benzene rings is 1. The average Bonchev–Trinajstić information content (AvgIpc) is 2.46. The molecule has 0 fully saturated rings. The van der Waals surface area contributed by atoms with Crippen molar-refractivity contribution in [1.82, 2.24) is 5.32 Å². The molecule has 0 bridgehead atoms. The van der Waals surface area contributed by atoms with E-state index in [4.69, 9.17) is 9.84 Å². The Kier molecular flexibility index (Phi) is 6.21. The predicted octanol–water partition coefficient (Wildman–Crippen LogP) is 1.29. The van der Waals surface area contributed by atoms with Crippen LogP contribution in [-0.4, -0.2) is 41.2 Å². The topological polar surface area (TPSA) is 119 Å². The Morgan fingerprint density at radius 2 is 2.23 bits per heavy atom. The van der Waals surface area contributed by atoms with Gasteiger partial charge in [0.15, 0.2) is 6.04 Å². The van der Waals surface area contributed by atoms with Crippen LogP contribution in [0.4, 0.5) is 5.69 Å². The number of hydrogen-bond acceptors (Lipinski definition) is 5. The monoisotopic (exact) mass is 308 g/mol. The standard InChI is InChI=1S/C14H16N2O6/c1-3-6-22-8-12(14(18)19)15-13(17)11-7-10(16(20)21)5-4-9(11)2/h3-5,7,12H,1,6,8H2,2H3,(H,15,17)(H,18,19). The molecule has 0 heterocycles. The molecule has 2 N–H and O–H groups in total. The van der Waals surface area contributed by atoms with Gasteiger partial charge in [0, 0.05) is 17.7 Å². The zero-order valence-electron chi connectivity index (χ0n) is 11.9. The van der Waals surface area contributed by atoms with E-state index in [9.17, 15) is 19.7 Å². The minimum absolute atomic E-state index is 0.0455. The molecule has 8 nitrogen and oxygen atoms in total. The van der Waals surface area contributed by atoms with E-state index in [2.05, 4.69) is 11.9 Å². The summed E-state index contributed by atoms with van der Waals surface area (Å²) in [7, 11) is 0. The molecule has 0 aliphatic rings. The number of non-ortho nitro benzene ring substituents is 1. The van der Waals surface area contributed by atoms with E-state index in [1.165, 1.54) is 18.2 Å². The molecule has 0 aliphatic heterocycles. The van der Waals surface area contributed by atoms with Crippen molar-refractivity contribution in [3.8, 4) is 0 Å². The van der Waals surface area contributed by atoms with Gasteiger partial charge >= 0.3 is 5.97 Å². The maximum atomic E-state index is 12.1. The molecular weight excluding hydrogens is 292 g/mol.